The Kier molecular flexibility index (Phi) is 4.32. The van der Waals surface area contributed by atoms with Gasteiger partial charge in [0.05, 0.1) is 0 Å². The molecule has 0 bridgehead atoms. The molecule has 2 fully saturated rings. The monoisotopic (exact) mass is 288 g/mol. The summed E-state index contributed by atoms with van der Waals surface area (Å²) in [5.74, 6) is 2.37. The van der Waals surface area contributed by atoms with Crippen LogP contribution < -0.4 is 10.5 Å². The Morgan fingerprint density at radius 2 is 1.86 bits per heavy atom. The van der Waals surface area contributed by atoms with Gasteiger partial charge < -0.3 is 15.4 Å². The van der Waals surface area contributed by atoms with E-state index in [0.717, 1.165) is 25.4 Å². The minimum atomic E-state index is 0.107. The van der Waals surface area contributed by atoms with Crippen molar-refractivity contribution >= 4 is 11.6 Å². The molecule has 2 aliphatic rings. The molecule has 1 aliphatic carbocycles. The van der Waals surface area contributed by atoms with E-state index in [1.807, 2.05) is 4.90 Å². The Bertz CT molecular complexity index is 486. The Balaban J connectivity index is 1.50. The Morgan fingerprint density at radius 3 is 2.62 bits per heavy atom. The van der Waals surface area contributed by atoms with Gasteiger partial charge in [0.2, 0.25) is 0 Å². The molecule has 0 radical (unpaired) electrons. The highest BCUT2D eigenvalue weighted by Gasteiger charge is 2.32. The van der Waals surface area contributed by atoms with Crippen molar-refractivity contribution in [3.8, 4) is 5.75 Å². The van der Waals surface area contributed by atoms with Gasteiger partial charge in [-0.2, -0.15) is 0 Å². The molecule has 1 saturated carbocycles. The van der Waals surface area contributed by atoms with Gasteiger partial charge in [0.1, 0.15) is 5.75 Å². The summed E-state index contributed by atoms with van der Waals surface area (Å²) in [5.41, 5.74) is 6.33. The van der Waals surface area contributed by atoms with Gasteiger partial charge in [0.15, 0.2) is 6.61 Å². The number of fused-ring (bicyclic) bond motifs is 1. The zero-order valence-corrected chi connectivity index (χ0v) is 12.5. The summed E-state index contributed by atoms with van der Waals surface area (Å²) < 4.78 is 5.57. The number of rotatable bonds is 3. The SMILES string of the molecule is Nc1ccc(OCC(=O)N2CCC3CCCCC3C2)cc1. The maximum atomic E-state index is 12.3. The molecule has 21 heavy (non-hydrogen) atoms. The minimum absolute atomic E-state index is 0.107. The number of likely N-dealkylation sites (tertiary alicyclic amines) is 1. The van der Waals surface area contributed by atoms with Crippen LogP contribution in [0.3, 0.4) is 0 Å². The fourth-order valence-electron chi connectivity index (χ4n) is 3.63. The van der Waals surface area contributed by atoms with Crippen molar-refractivity contribution in [3.63, 3.8) is 0 Å². The van der Waals surface area contributed by atoms with Gasteiger partial charge in [-0.1, -0.05) is 19.3 Å². The van der Waals surface area contributed by atoms with E-state index in [4.69, 9.17) is 10.5 Å². The molecular formula is C17H24N2O2. The highest BCUT2D eigenvalue weighted by Crippen LogP contribution is 2.36. The van der Waals surface area contributed by atoms with Crippen LogP contribution >= 0.6 is 0 Å². The third-order valence-electron chi connectivity index (χ3n) is 4.89. The first-order valence-corrected chi connectivity index (χ1v) is 7.98. The van der Waals surface area contributed by atoms with Crippen molar-refractivity contribution < 1.29 is 9.53 Å². The summed E-state index contributed by atoms with van der Waals surface area (Å²) in [7, 11) is 0. The summed E-state index contributed by atoms with van der Waals surface area (Å²) in [6.07, 6.45) is 6.50. The van der Waals surface area contributed by atoms with Gasteiger partial charge in [-0.25, -0.2) is 0 Å². The van der Waals surface area contributed by atoms with E-state index < -0.39 is 0 Å². The molecular weight excluding hydrogens is 264 g/mol. The fraction of sp³-hybridized carbons (Fsp3) is 0.588. The van der Waals surface area contributed by atoms with E-state index in [0.29, 0.717) is 17.4 Å². The van der Waals surface area contributed by atoms with Crippen LogP contribution in [0.15, 0.2) is 24.3 Å². The van der Waals surface area contributed by atoms with E-state index in [1.54, 1.807) is 24.3 Å². The minimum Gasteiger partial charge on any atom is -0.484 e. The first kappa shape index (κ1) is 14.2. The van der Waals surface area contributed by atoms with Crippen molar-refractivity contribution in [2.75, 3.05) is 25.4 Å². The number of carbonyl (C=O) groups excluding carboxylic acids is 1. The molecule has 114 valence electrons. The number of nitrogens with two attached hydrogens (primary N) is 1. The van der Waals surface area contributed by atoms with Crippen molar-refractivity contribution in [1.29, 1.82) is 0 Å². The molecule has 1 aromatic rings. The van der Waals surface area contributed by atoms with Crippen LogP contribution in [-0.2, 0) is 4.79 Å². The van der Waals surface area contributed by atoms with Crippen LogP contribution in [-0.4, -0.2) is 30.5 Å². The van der Waals surface area contributed by atoms with Gasteiger partial charge in [-0.15, -0.1) is 0 Å². The van der Waals surface area contributed by atoms with Crippen molar-refractivity contribution in [1.82, 2.24) is 4.90 Å². The molecule has 1 aromatic carbocycles. The number of amides is 1. The van der Waals surface area contributed by atoms with Gasteiger partial charge in [0, 0.05) is 18.8 Å². The largest absolute Gasteiger partial charge is 0.484 e. The van der Waals surface area contributed by atoms with E-state index in [-0.39, 0.29) is 12.5 Å². The van der Waals surface area contributed by atoms with Crippen LogP contribution in [0.4, 0.5) is 5.69 Å². The Labute approximate surface area is 126 Å². The molecule has 2 unspecified atom stereocenters. The van der Waals surface area contributed by atoms with Gasteiger partial charge in [-0.3, -0.25) is 4.79 Å². The molecule has 0 spiro atoms. The number of carbonyl (C=O) groups is 1. The molecule has 1 aliphatic heterocycles. The lowest BCUT2D eigenvalue weighted by Gasteiger charge is -2.41. The third-order valence-corrected chi connectivity index (χ3v) is 4.89. The standard InChI is InChI=1S/C17H24N2O2/c18-15-5-7-16(8-6-15)21-12-17(20)19-10-9-13-3-1-2-4-14(13)11-19/h5-8,13-14H,1-4,9-12,18H2. The van der Waals surface area contributed by atoms with Crippen LogP contribution in [0.5, 0.6) is 5.75 Å². The summed E-state index contributed by atoms with van der Waals surface area (Å²) in [6, 6.07) is 7.17. The van der Waals surface area contributed by atoms with Crippen LogP contribution in [0, 0.1) is 11.8 Å². The molecule has 4 nitrogen and oxygen atoms in total. The van der Waals surface area contributed by atoms with E-state index in [1.165, 1.54) is 25.7 Å². The molecule has 2 N–H and O–H groups in total. The van der Waals surface area contributed by atoms with Crippen LogP contribution in [0.2, 0.25) is 0 Å². The summed E-state index contributed by atoms with van der Waals surface area (Å²) in [4.78, 5) is 14.3. The molecule has 0 aromatic heterocycles. The van der Waals surface area contributed by atoms with Gasteiger partial charge in [0.25, 0.3) is 5.91 Å². The number of hydrogen-bond donors (Lipinski definition) is 1. The number of ether oxygens (including phenoxy) is 1. The number of nitrogen functional groups attached to an aromatic ring is 1. The third kappa shape index (κ3) is 3.49. The number of piperidine rings is 1. The fourth-order valence-corrected chi connectivity index (χ4v) is 3.63. The molecule has 4 heteroatoms. The predicted octanol–water partition coefficient (Wildman–Crippen LogP) is 2.69. The maximum absolute atomic E-state index is 12.3. The second-order valence-corrected chi connectivity index (χ2v) is 6.29. The highest BCUT2D eigenvalue weighted by molar-refractivity contribution is 5.77. The number of anilines is 1. The molecule has 1 heterocycles. The average Bonchev–Trinajstić information content (AvgIpc) is 2.53. The average molecular weight is 288 g/mol. The lowest BCUT2D eigenvalue weighted by atomic mass is 9.75. The van der Waals surface area contributed by atoms with Gasteiger partial charge in [-0.05, 0) is 48.9 Å². The van der Waals surface area contributed by atoms with Crippen LogP contribution in [0.25, 0.3) is 0 Å². The molecule has 1 saturated heterocycles. The molecule has 1 amide bonds. The number of hydrogen-bond acceptors (Lipinski definition) is 3. The molecule has 2 atom stereocenters. The first-order chi connectivity index (χ1) is 10.2. The Hall–Kier alpha value is -1.71. The van der Waals surface area contributed by atoms with Gasteiger partial charge >= 0.3 is 0 Å². The quantitative estimate of drug-likeness (QED) is 0.870. The Morgan fingerprint density at radius 1 is 1.14 bits per heavy atom. The topological polar surface area (TPSA) is 55.6 Å². The van der Waals surface area contributed by atoms with Crippen molar-refractivity contribution in [3.05, 3.63) is 24.3 Å². The summed E-state index contributed by atoms with van der Waals surface area (Å²) >= 11 is 0. The number of nitrogens with zero attached hydrogens (tertiary/aromatic N) is 1. The van der Waals surface area contributed by atoms with E-state index in [9.17, 15) is 4.79 Å². The zero-order chi connectivity index (χ0) is 14.7. The maximum Gasteiger partial charge on any atom is 0.260 e. The lowest BCUT2D eigenvalue weighted by Crippen LogP contribution is -2.46. The second kappa shape index (κ2) is 6.37. The normalized spacial score (nSPS) is 25.2. The van der Waals surface area contributed by atoms with Crippen LogP contribution in [0.1, 0.15) is 32.1 Å². The van der Waals surface area contributed by atoms with E-state index in [2.05, 4.69) is 0 Å². The number of benzene rings is 1. The molecule has 3 rings (SSSR count). The highest BCUT2D eigenvalue weighted by atomic mass is 16.5. The van der Waals surface area contributed by atoms with Crippen molar-refractivity contribution in [2.45, 2.75) is 32.1 Å². The smallest absolute Gasteiger partial charge is 0.260 e. The van der Waals surface area contributed by atoms with Crippen molar-refractivity contribution in [2.24, 2.45) is 11.8 Å². The predicted molar refractivity (Wildman–Crippen MR) is 83.0 cm³/mol. The summed E-state index contributed by atoms with van der Waals surface area (Å²) in [6.45, 7) is 1.95. The lowest BCUT2D eigenvalue weighted by molar-refractivity contribution is -0.136. The van der Waals surface area contributed by atoms with E-state index >= 15 is 0 Å². The zero-order valence-electron chi connectivity index (χ0n) is 12.5. The first-order valence-electron chi connectivity index (χ1n) is 7.98. The second-order valence-electron chi connectivity index (χ2n) is 6.29. The summed E-state index contributed by atoms with van der Waals surface area (Å²) in [5, 5.41) is 0.